The predicted octanol–water partition coefficient (Wildman–Crippen LogP) is 5.33. The number of hydrogen-bond donors (Lipinski definition) is 0. The van der Waals surface area contributed by atoms with E-state index in [4.69, 9.17) is 0 Å². The molecule has 0 bridgehead atoms. The lowest BCUT2D eigenvalue weighted by Gasteiger charge is -2.19. The molecule has 0 radical (unpaired) electrons. The molecule has 20 heavy (non-hydrogen) atoms. The fourth-order valence-corrected chi connectivity index (χ4v) is 2.42. The van der Waals surface area contributed by atoms with Crippen molar-refractivity contribution < 1.29 is 0 Å². The molecule has 0 N–H and O–H groups in total. The Hall–Kier alpha value is -1.56. The average Bonchev–Trinajstić information content (AvgIpc) is 2.45. The summed E-state index contributed by atoms with van der Waals surface area (Å²) in [7, 11) is 0. The van der Waals surface area contributed by atoms with E-state index in [9.17, 15) is 0 Å². The quantitative estimate of drug-likeness (QED) is 0.701. The second-order valence-electron chi connectivity index (χ2n) is 6.62. The maximum Gasteiger partial charge on any atom is -0.0132 e. The fraction of sp³-hybridized carbons (Fsp3) is 0.400. The van der Waals surface area contributed by atoms with Crippen LogP contribution in [0.2, 0.25) is 0 Å². The van der Waals surface area contributed by atoms with Gasteiger partial charge in [0.1, 0.15) is 0 Å². The smallest absolute Gasteiger partial charge is 0.0132 e. The highest BCUT2D eigenvalue weighted by Gasteiger charge is 2.13. The Kier molecular flexibility index (Phi) is 4.65. The molecule has 0 nitrogen and oxygen atoms in total. The Morgan fingerprint density at radius 3 is 1.95 bits per heavy atom. The Bertz CT molecular complexity index is 541. The van der Waals surface area contributed by atoms with Crippen LogP contribution in [0, 0.1) is 0 Å². The predicted molar refractivity (Wildman–Crippen MR) is 88.4 cm³/mol. The zero-order chi connectivity index (χ0) is 14.6. The van der Waals surface area contributed by atoms with Crippen molar-refractivity contribution in [2.75, 3.05) is 0 Å². The van der Waals surface area contributed by atoms with Crippen LogP contribution in [0.4, 0.5) is 0 Å². The van der Waals surface area contributed by atoms with Crippen LogP contribution in [0.3, 0.4) is 0 Å². The lowest BCUT2D eigenvalue weighted by molar-refractivity contribution is 0.589. The van der Waals surface area contributed by atoms with Crippen LogP contribution < -0.4 is 0 Å². The third-order valence-corrected chi connectivity index (χ3v) is 3.93. The largest absolute Gasteiger partial charge is 0.0617 e. The first-order chi connectivity index (χ1) is 9.49. The minimum atomic E-state index is 0.235. The molecule has 0 saturated heterocycles. The molecule has 0 aliphatic rings. The van der Waals surface area contributed by atoms with Crippen LogP contribution in [0.15, 0.2) is 48.5 Å². The first-order valence-electron chi connectivity index (χ1n) is 7.66. The maximum atomic E-state index is 2.36. The van der Waals surface area contributed by atoms with Gasteiger partial charge >= 0.3 is 0 Å². The lowest BCUT2D eigenvalue weighted by atomic mass is 9.85. The summed E-state index contributed by atoms with van der Waals surface area (Å²) in [4.78, 5) is 0. The zero-order valence-electron chi connectivity index (χ0n) is 13.2. The van der Waals surface area contributed by atoms with Gasteiger partial charge in [-0.25, -0.2) is 0 Å². The van der Waals surface area contributed by atoms with Gasteiger partial charge < -0.3 is 0 Å². The van der Waals surface area contributed by atoms with Gasteiger partial charge in [-0.15, -0.1) is 0 Å². The van der Waals surface area contributed by atoms with E-state index in [1.807, 2.05) is 0 Å². The molecule has 0 heterocycles. The molecule has 2 aromatic rings. The van der Waals surface area contributed by atoms with Crippen LogP contribution in [0.25, 0.3) is 0 Å². The highest BCUT2D eigenvalue weighted by atomic mass is 14.2. The van der Waals surface area contributed by atoms with Crippen molar-refractivity contribution >= 4 is 0 Å². The number of rotatable bonds is 4. The van der Waals surface area contributed by atoms with Crippen molar-refractivity contribution in [1.29, 1.82) is 0 Å². The molecule has 0 aliphatic heterocycles. The van der Waals surface area contributed by atoms with Gasteiger partial charge in [-0.1, -0.05) is 76.2 Å². The molecule has 2 rings (SSSR count). The molecular weight excluding hydrogens is 240 g/mol. The summed E-state index contributed by atoms with van der Waals surface area (Å²) in [5, 5.41) is 0. The van der Waals surface area contributed by atoms with Gasteiger partial charge in [-0.05, 0) is 46.9 Å². The molecule has 0 saturated carbocycles. The monoisotopic (exact) mass is 266 g/mol. The van der Waals surface area contributed by atoms with Gasteiger partial charge in [0, 0.05) is 0 Å². The van der Waals surface area contributed by atoms with Gasteiger partial charge in [-0.3, -0.25) is 0 Å². The van der Waals surface area contributed by atoms with E-state index in [2.05, 4.69) is 76.2 Å². The summed E-state index contributed by atoms with van der Waals surface area (Å²) >= 11 is 0. The average molecular weight is 266 g/mol. The van der Waals surface area contributed by atoms with Crippen LogP contribution in [0.5, 0.6) is 0 Å². The topological polar surface area (TPSA) is 0 Å². The Labute approximate surface area is 123 Å². The van der Waals surface area contributed by atoms with Gasteiger partial charge in [0.15, 0.2) is 0 Å². The SMILES string of the molecule is CCc1ccc(CCc2cccc(C(C)(C)C)c2)cc1. The van der Waals surface area contributed by atoms with Gasteiger partial charge in [0.25, 0.3) is 0 Å². The molecule has 0 heteroatoms. The van der Waals surface area contributed by atoms with Crippen LogP contribution in [-0.4, -0.2) is 0 Å². The van der Waals surface area contributed by atoms with Crippen molar-refractivity contribution in [3.63, 3.8) is 0 Å². The first-order valence-corrected chi connectivity index (χ1v) is 7.66. The molecule has 0 unspecified atom stereocenters. The third kappa shape index (κ3) is 3.96. The van der Waals surface area contributed by atoms with Crippen molar-refractivity contribution in [3.8, 4) is 0 Å². The fourth-order valence-electron chi connectivity index (χ4n) is 2.42. The van der Waals surface area contributed by atoms with E-state index in [0.717, 1.165) is 19.3 Å². The van der Waals surface area contributed by atoms with E-state index in [0.29, 0.717) is 0 Å². The van der Waals surface area contributed by atoms with E-state index in [1.54, 1.807) is 0 Å². The van der Waals surface area contributed by atoms with Crippen LogP contribution in [-0.2, 0) is 24.7 Å². The minimum Gasteiger partial charge on any atom is -0.0617 e. The summed E-state index contributed by atoms with van der Waals surface area (Å²) in [5.41, 5.74) is 5.96. The summed E-state index contributed by atoms with van der Waals surface area (Å²) in [5.74, 6) is 0. The van der Waals surface area contributed by atoms with Gasteiger partial charge in [-0.2, -0.15) is 0 Å². The van der Waals surface area contributed by atoms with Crippen molar-refractivity contribution in [2.24, 2.45) is 0 Å². The minimum absolute atomic E-state index is 0.235. The normalized spacial score (nSPS) is 11.6. The second-order valence-corrected chi connectivity index (χ2v) is 6.62. The summed E-state index contributed by atoms with van der Waals surface area (Å²) in [6.07, 6.45) is 3.36. The molecule has 0 aliphatic carbocycles. The molecular formula is C20H26. The second kappa shape index (κ2) is 6.26. The zero-order valence-corrected chi connectivity index (χ0v) is 13.2. The van der Waals surface area contributed by atoms with E-state index in [1.165, 1.54) is 22.3 Å². The Morgan fingerprint density at radius 2 is 1.35 bits per heavy atom. The van der Waals surface area contributed by atoms with E-state index >= 15 is 0 Å². The molecule has 0 fully saturated rings. The highest BCUT2D eigenvalue weighted by Crippen LogP contribution is 2.23. The van der Waals surface area contributed by atoms with Gasteiger partial charge in [0.2, 0.25) is 0 Å². The van der Waals surface area contributed by atoms with Crippen molar-refractivity contribution in [1.82, 2.24) is 0 Å². The van der Waals surface area contributed by atoms with Crippen molar-refractivity contribution in [2.45, 2.75) is 52.4 Å². The lowest BCUT2D eigenvalue weighted by Crippen LogP contribution is -2.11. The standard InChI is InChI=1S/C20H26/c1-5-16-9-11-17(12-10-16)13-14-18-7-6-8-19(15-18)20(2,3)4/h6-12,15H,5,13-14H2,1-4H3. The number of hydrogen-bond acceptors (Lipinski definition) is 0. The molecule has 0 atom stereocenters. The third-order valence-electron chi connectivity index (χ3n) is 3.93. The molecule has 2 aromatic carbocycles. The molecule has 0 amide bonds. The van der Waals surface area contributed by atoms with Crippen LogP contribution in [0.1, 0.15) is 49.9 Å². The summed E-state index contributed by atoms with van der Waals surface area (Å²) in [6.45, 7) is 9.02. The molecule has 106 valence electrons. The van der Waals surface area contributed by atoms with Gasteiger partial charge in [0.05, 0.1) is 0 Å². The van der Waals surface area contributed by atoms with Crippen LogP contribution >= 0.6 is 0 Å². The maximum absolute atomic E-state index is 2.36. The highest BCUT2D eigenvalue weighted by molar-refractivity contribution is 5.30. The summed E-state index contributed by atoms with van der Waals surface area (Å²) < 4.78 is 0. The van der Waals surface area contributed by atoms with Crippen molar-refractivity contribution in [3.05, 3.63) is 70.8 Å². The number of aryl methyl sites for hydroxylation is 3. The van der Waals surface area contributed by atoms with E-state index < -0.39 is 0 Å². The molecule has 0 spiro atoms. The Balaban J connectivity index is 2.03. The summed E-state index contributed by atoms with van der Waals surface area (Å²) in [6, 6.07) is 18.1. The first kappa shape index (κ1) is 14.8. The van der Waals surface area contributed by atoms with E-state index in [-0.39, 0.29) is 5.41 Å². The molecule has 0 aromatic heterocycles. The number of benzene rings is 2. The Morgan fingerprint density at radius 1 is 0.750 bits per heavy atom.